The number of hydrogen-bond acceptors (Lipinski definition) is 7. The van der Waals surface area contributed by atoms with E-state index in [1.165, 1.54) is 4.63 Å². The first-order chi connectivity index (χ1) is 7.92. The fourth-order valence-electron chi connectivity index (χ4n) is 1.25. The average molecular weight is 233 g/mol. The number of fused-ring (bicyclic) bond motifs is 1. The molecule has 3 rings (SSSR count). The van der Waals surface area contributed by atoms with E-state index in [0.717, 1.165) is 10.8 Å². The van der Waals surface area contributed by atoms with Gasteiger partial charge in [-0.25, -0.2) is 4.98 Å². The Labute approximate surface area is 94.1 Å². The van der Waals surface area contributed by atoms with Crippen LogP contribution in [0.2, 0.25) is 0 Å². The molecule has 0 aliphatic heterocycles. The Bertz CT molecular complexity index is 587. The van der Waals surface area contributed by atoms with Crippen LogP contribution in [0.25, 0.3) is 5.65 Å². The van der Waals surface area contributed by atoms with Crippen LogP contribution in [0.5, 0.6) is 0 Å². The van der Waals surface area contributed by atoms with Crippen molar-refractivity contribution in [1.29, 1.82) is 0 Å². The lowest BCUT2D eigenvalue weighted by molar-refractivity contribution is 0.734. The molecule has 7 nitrogen and oxygen atoms in total. The molecule has 3 heterocycles. The van der Waals surface area contributed by atoms with Crippen LogP contribution in [0.4, 0.5) is 5.82 Å². The second-order valence-electron chi connectivity index (χ2n) is 3.02. The number of hydrogen-bond donors (Lipinski definition) is 1. The summed E-state index contributed by atoms with van der Waals surface area (Å²) in [5.74, 6) is 0.718. The van der Waals surface area contributed by atoms with Gasteiger partial charge in [-0.3, -0.25) is 0 Å². The van der Waals surface area contributed by atoms with Crippen LogP contribution >= 0.6 is 11.3 Å². The largest absolute Gasteiger partial charge is 0.362 e. The Kier molecular flexibility index (Phi) is 2.18. The van der Waals surface area contributed by atoms with Gasteiger partial charge in [0.2, 0.25) is 0 Å². The highest BCUT2D eigenvalue weighted by atomic mass is 32.1. The molecule has 0 saturated heterocycles. The number of thiazole rings is 1. The molecule has 0 aliphatic rings. The molecule has 0 bridgehead atoms. The molecule has 0 atom stereocenters. The molecule has 0 spiro atoms. The van der Waals surface area contributed by atoms with Crippen molar-refractivity contribution >= 4 is 22.8 Å². The normalized spacial score (nSPS) is 10.8. The first-order valence-electron chi connectivity index (χ1n) is 4.59. The maximum atomic E-state index is 4.18. The number of nitrogens with one attached hydrogen (secondary N) is 1. The van der Waals surface area contributed by atoms with Crippen molar-refractivity contribution in [3.05, 3.63) is 28.7 Å². The van der Waals surface area contributed by atoms with Gasteiger partial charge in [-0.1, -0.05) is 0 Å². The molecule has 16 heavy (non-hydrogen) atoms. The Morgan fingerprint density at radius 3 is 3.25 bits per heavy atom. The van der Waals surface area contributed by atoms with Gasteiger partial charge in [-0.15, -0.1) is 26.2 Å². The molecule has 80 valence electrons. The van der Waals surface area contributed by atoms with Crippen LogP contribution in [-0.4, -0.2) is 30.2 Å². The van der Waals surface area contributed by atoms with E-state index in [0.29, 0.717) is 12.2 Å². The maximum Gasteiger partial charge on any atom is 0.200 e. The van der Waals surface area contributed by atoms with Gasteiger partial charge in [0.05, 0.1) is 6.54 Å². The van der Waals surface area contributed by atoms with E-state index in [4.69, 9.17) is 0 Å². The average Bonchev–Trinajstić information content (AvgIpc) is 2.97. The summed E-state index contributed by atoms with van der Waals surface area (Å²) in [5, 5.41) is 21.3. The number of aromatic nitrogens is 6. The minimum absolute atomic E-state index is 0.625. The molecule has 0 fully saturated rings. The monoisotopic (exact) mass is 233 g/mol. The van der Waals surface area contributed by atoms with Crippen molar-refractivity contribution in [3.8, 4) is 0 Å². The summed E-state index contributed by atoms with van der Waals surface area (Å²) in [5.41, 5.74) is 0.625. The Balaban J connectivity index is 1.78. The molecule has 0 radical (unpaired) electrons. The third kappa shape index (κ3) is 1.70. The van der Waals surface area contributed by atoms with E-state index >= 15 is 0 Å². The number of anilines is 1. The second-order valence-corrected chi connectivity index (χ2v) is 4.00. The predicted octanol–water partition coefficient (Wildman–Crippen LogP) is 0.588. The van der Waals surface area contributed by atoms with Crippen LogP contribution in [-0.2, 0) is 6.54 Å². The number of tetrazole rings is 1. The van der Waals surface area contributed by atoms with Crippen molar-refractivity contribution in [2.75, 3.05) is 5.32 Å². The van der Waals surface area contributed by atoms with Gasteiger partial charge in [0, 0.05) is 11.6 Å². The van der Waals surface area contributed by atoms with Crippen LogP contribution in [0.15, 0.2) is 23.7 Å². The van der Waals surface area contributed by atoms with Crippen molar-refractivity contribution in [1.82, 2.24) is 30.2 Å². The van der Waals surface area contributed by atoms with Crippen molar-refractivity contribution in [2.24, 2.45) is 0 Å². The first kappa shape index (κ1) is 9.16. The highest BCUT2D eigenvalue weighted by Crippen LogP contribution is 2.08. The Morgan fingerprint density at radius 2 is 2.38 bits per heavy atom. The van der Waals surface area contributed by atoms with Gasteiger partial charge in [0.15, 0.2) is 5.65 Å². The summed E-state index contributed by atoms with van der Waals surface area (Å²) < 4.78 is 1.38. The molecule has 1 N–H and O–H groups in total. The molecular weight excluding hydrogens is 226 g/mol. The van der Waals surface area contributed by atoms with Crippen LogP contribution in [0.1, 0.15) is 5.01 Å². The van der Waals surface area contributed by atoms with E-state index in [2.05, 4.69) is 30.9 Å². The molecule has 0 amide bonds. The Morgan fingerprint density at radius 1 is 1.38 bits per heavy atom. The Hall–Kier alpha value is -2.09. The predicted molar refractivity (Wildman–Crippen MR) is 58.0 cm³/mol. The fourth-order valence-corrected chi connectivity index (χ4v) is 1.81. The zero-order valence-corrected chi connectivity index (χ0v) is 8.92. The van der Waals surface area contributed by atoms with Gasteiger partial charge < -0.3 is 5.32 Å². The first-order valence-corrected chi connectivity index (χ1v) is 5.47. The summed E-state index contributed by atoms with van der Waals surface area (Å²) in [6.45, 7) is 0.651. The van der Waals surface area contributed by atoms with Crippen LogP contribution in [0, 0.1) is 0 Å². The SMILES string of the molecule is c1csc(CNc2ccc3nnnn3n2)n1. The van der Waals surface area contributed by atoms with Crippen molar-refractivity contribution in [2.45, 2.75) is 6.54 Å². The van der Waals surface area contributed by atoms with Crippen molar-refractivity contribution in [3.63, 3.8) is 0 Å². The highest BCUT2D eigenvalue weighted by molar-refractivity contribution is 7.09. The minimum Gasteiger partial charge on any atom is -0.362 e. The van der Waals surface area contributed by atoms with Crippen LogP contribution < -0.4 is 5.32 Å². The lowest BCUT2D eigenvalue weighted by atomic mass is 10.5. The lowest BCUT2D eigenvalue weighted by Gasteiger charge is -2.01. The molecule has 0 aromatic carbocycles. The van der Waals surface area contributed by atoms with Gasteiger partial charge >= 0.3 is 0 Å². The fraction of sp³-hybridized carbons (Fsp3) is 0.125. The van der Waals surface area contributed by atoms with Crippen LogP contribution in [0.3, 0.4) is 0 Å². The number of rotatable bonds is 3. The van der Waals surface area contributed by atoms with E-state index in [1.54, 1.807) is 23.6 Å². The standard InChI is InChI=1S/C8H7N7S/c1-2-7-11-13-14-15(7)12-6(1)10-5-8-9-3-4-16-8/h1-4H,5H2,(H,10,12). The quantitative estimate of drug-likeness (QED) is 0.713. The summed E-state index contributed by atoms with van der Waals surface area (Å²) in [4.78, 5) is 4.16. The van der Waals surface area contributed by atoms with E-state index < -0.39 is 0 Å². The summed E-state index contributed by atoms with van der Waals surface area (Å²) in [7, 11) is 0. The topological polar surface area (TPSA) is 80.9 Å². The van der Waals surface area contributed by atoms with Gasteiger partial charge in [0.1, 0.15) is 10.8 Å². The third-order valence-electron chi connectivity index (χ3n) is 1.97. The zero-order valence-electron chi connectivity index (χ0n) is 8.11. The van der Waals surface area contributed by atoms with Crippen molar-refractivity contribution < 1.29 is 0 Å². The molecule has 0 saturated carbocycles. The molecular formula is C8H7N7S. The summed E-state index contributed by atoms with van der Waals surface area (Å²) in [6.07, 6.45) is 1.78. The number of nitrogens with zero attached hydrogens (tertiary/aromatic N) is 6. The smallest absolute Gasteiger partial charge is 0.200 e. The molecule has 0 aliphatic carbocycles. The summed E-state index contributed by atoms with van der Waals surface area (Å²) >= 11 is 1.60. The summed E-state index contributed by atoms with van der Waals surface area (Å²) in [6, 6.07) is 3.64. The third-order valence-corrected chi connectivity index (χ3v) is 2.75. The molecule has 3 aromatic rings. The molecule has 0 unspecified atom stereocenters. The van der Waals surface area contributed by atoms with E-state index in [9.17, 15) is 0 Å². The molecule has 3 aromatic heterocycles. The van der Waals surface area contributed by atoms with E-state index in [1.807, 2.05) is 11.4 Å². The molecule has 8 heteroatoms. The van der Waals surface area contributed by atoms with Gasteiger partial charge in [-0.2, -0.15) is 0 Å². The second kappa shape index (κ2) is 3.81. The van der Waals surface area contributed by atoms with Gasteiger partial charge in [-0.05, 0) is 22.6 Å². The zero-order chi connectivity index (χ0) is 10.8. The highest BCUT2D eigenvalue weighted by Gasteiger charge is 2.01. The lowest BCUT2D eigenvalue weighted by Crippen LogP contribution is -2.04. The van der Waals surface area contributed by atoms with Gasteiger partial charge in [0.25, 0.3) is 0 Å². The van der Waals surface area contributed by atoms with E-state index in [-0.39, 0.29) is 0 Å². The maximum absolute atomic E-state index is 4.18. The minimum atomic E-state index is 0.625.